The van der Waals surface area contributed by atoms with E-state index in [4.69, 9.17) is 15.2 Å². The van der Waals surface area contributed by atoms with Gasteiger partial charge in [0, 0.05) is 12.8 Å². The number of aryl methyl sites for hydroxylation is 1. The highest BCUT2D eigenvalue weighted by Crippen LogP contribution is 2.22. The third kappa shape index (κ3) is 5.09. The van der Waals surface area contributed by atoms with E-state index in [1.807, 2.05) is 55.5 Å². The minimum absolute atomic E-state index is 0.184. The van der Waals surface area contributed by atoms with E-state index in [1.54, 1.807) is 0 Å². The molecular formula is C18H22N2O3. The van der Waals surface area contributed by atoms with E-state index in [0.717, 1.165) is 16.9 Å². The predicted molar refractivity (Wildman–Crippen MR) is 90.4 cm³/mol. The number of ether oxygens (including phenoxy) is 2. The van der Waals surface area contributed by atoms with Crippen LogP contribution in [0.4, 0.5) is 5.69 Å². The monoisotopic (exact) mass is 314 g/mol. The Kier molecular flexibility index (Phi) is 6.14. The molecule has 0 spiro atoms. The van der Waals surface area contributed by atoms with E-state index < -0.39 is 6.04 Å². The van der Waals surface area contributed by atoms with Crippen LogP contribution in [0.15, 0.2) is 48.5 Å². The van der Waals surface area contributed by atoms with Crippen LogP contribution in [0.3, 0.4) is 0 Å². The van der Waals surface area contributed by atoms with Crippen molar-refractivity contribution in [3.63, 3.8) is 0 Å². The van der Waals surface area contributed by atoms with Gasteiger partial charge in [0.25, 0.3) is 0 Å². The molecule has 2 rings (SSSR count). The summed E-state index contributed by atoms with van der Waals surface area (Å²) in [5.41, 5.74) is 8.44. The van der Waals surface area contributed by atoms with Gasteiger partial charge in [0.15, 0.2) is 0 Å². The number of carbonyl (C=O) groups is 1. The largest absolute Gasteiger partial charge is 0.489 e. The van der Waals surface area contributed by atoms with Crippen LogP contribution in [0.5, 0.6) is 5.75 Å². The Morgan fingerprint density at radius 2 is 1.96 bits per heavy atom. The standard InChI is InChI=1S/C18H22N2O3/c1-13-10-15(23-11-14-6-4-3-5-7-14)8-9-17(13)20-18(21)16(19)12-22-2/h3-10,16H,11-12,19H2,1-2H3,(H,20,21). The molecule has 2 aromatic rings. The number of rotatable bonds is 7. The maximum absolute atomic E-state index is 11.9. The second kappa shape index (κ2) is 8.31. The summed E-state index contributed by atoms with van der Waals surface area (Å²) in [5, 5.41) is 2.80. The molecule has 0 saturated carbocycles. The molecule has 0 radical (unpaired) electrons. The average molecular weight is 314 g/mol. The van der Waals surface area contributed by atoms with E-state index in [0.29, 0.717) is 12.3 Å². The molecule has 1 unspecified atom stereocenters. The van der Waals surface area contributed by atoms with E-state index >= 15 is 0 Å². The molecule has 0 aliphatic carbocycles. The molecule has 2 aromatic carbocycles. The van der Waals surface area contributed by atoms with Crippen molar-refractivity contribution in [1.82, 2.24) is 0 Å². The fraction of sp³-hybridized carbons (Fsp3) is 0.278. The van der Waals surface area contributed by atoms with Crippen LogP contribution in [0.25, 0.3) is 0 Å². The Bertz CT molecular complexity index is 644. The van der Waals surface area contributed by atoms with Crippen molar-refractivity contribution in [2.45, 2.75) is 19.6 Å². The summed E-state index contributed by atoms with van der Waals surface area (Å²) in [6.45, 7) is 2.60. The summed E-state index contributed by atoms with van der Waals surface area (Å²) in [6.07, 6.45) is 0. The normalized spacial score (nSPS) is 11.8. The Morgan fingerprint density at radius 1 is 1.22 bits per heavy atom. The minimum Gasteiger partial charge on any atom is -0.489 e. The molecule has 23 heavy (non-hydrogen) atoms. The van der Waals surface area contributed by atoms with Crippen LogP contribution in [0.1, 0.15) is 11.1 Å². The van der Waals surface area contributed by atoms with Gasteiger partial charge in [-0.1, -0.05) is 30.3 Å². The third-order valence-corrected chi connectivity index (χ3v) is 3.39. The average Bonchev–Trinajstić information content (AvgIpc) is 2.56. The van der Waals surface area contributed by atoms with Gasteiger partial charge in [-0.3, -0.25) is 4.79 Å². The highest BCUT2D eigenvalue weighted by Gasteiger charge is 2.14. The van der Waals surface area contributed by atoms with Crippen LogP contribution in [0.2, 0.25) is 0 Å². The highest BCUT2D eigenvalue weighted by atomic mass is 16.5. The van der Waals surface area contributed by atoms with Gasteiger partial charge in [-0.2, -0.15) is 0 Å². The maximum Gasteiger partial charge on any atom is 0.243 e. The van der Waals surface area contributed by atoms with Crippen LogP contribution >= 0.6 is 0 Å². The minimum atomic E-state index is -0.687. The summed E-state index contributed by atoms with van der Waals surface area (Å²) in [4.78, 5) is 11.9. The lowest BCUT2D eigenvalue weighted by Crippen LogP contribution is -2.39. The van der Waals surface area contributed by atoms with Crippen molar-refractivity contribution in [3.05, 3.63) is 59.7 Å². The van der Waals surface area contributed by atoms with Gasteiger partial charge < -0.3 is 20.5 Å². The molecule has 0 saturated heterocycles. The van der Waals surface area contributed by atoms with Crippen LogP contribution in [-0.2, 0) is 16.1 Å². The number of hydrogen-bond acceptors (Lipinski definition) is 4. The molecule has 0 aromatic heterocycles. The zero-order valence-electron chi connectivity index (χ0n) is 13.4. The van der Waals surface area contributed by atoms with Gasteiger partial charge in [-0.25, -0.2) is 0 Å². The Balaban J connectivity index is 1.96. The van der Waals surface area contributed by atoms with E-state index in [2.05, 4.69) is 5.32 Å². The molecule has 1 amide bonds. The number of amides is 1. The number of methoxy groups -OCH3 is 1. The topological polar surface area (TPSA) is 73.6 Å². The highest BCUT2D eigenvalue weighted by molar-refractivity contribution is 5.95. The summed E-state index contributed by atoms with van der Waals surface area (Å²) in [7, 11) is 1.51. The van der Waals surface area contributed by atoms with Crippen molar-refractivity contribution < 1.29 is 14.3 Å². The molecule has 0 aliphatic heterocycles. The number of hydrogen-bond donors (Lipinski definition) is 2. The second-order valence-corrected chi connectivity index (χ2v) is 5.30. The number of benzene rings is 2. The first-order valence-electron chi connectivity index (χ1n) is 7.43. The molecular weight excluding hydrogens is 292 g/mol. The molecule has 3 N–H and O–H groups in total. The van der Waals surface area contributed by atoms with Crippen molar-refractivity contribution in [3.8, 4) is 5.75 Å². The number of carbonyl (C=O) groups excluding carboxylic acids is 1. The van der Waals surface area contributed by atoms with Gasteiger partial charge in [0.1, 0.15) is 18.4 Å². The Labute approximate surface area is 136 Å². The lowest BCUT2D eigenvalue weighted by molar-refractivity contribution is -0.118. The Morgan fingerprint density at radius 3 is 2.61 bits per heavy atom. The van der Waals surface area contributed by atoms with E-state index in [-0.39, 0.29) is 12.5 Å². The maximum atomic E-state index is 11.9. The van der Waals surface area contributed by atoms with E-state index in [9.17, 15) is 4.79 Å². The SMILES string of the molecule is COCC(N)C(=O)Nc1ccc(OCc2ccccc2)cc1C. The lowest BCUT2D eigenvalue weighted by atomic mass is 10.1. The quantitative estimate of drug-likeness (QED) is 0.823. The summed E-state index contributed by atoms with van der Waals surface area (Å²) >= 11 is 0. The van der Waals surface area contributed by atoms with Gasteiger partial charge >= 0.3 is 0 Å². The number of anilines is 1. The predicted octanol–water partition coefficient (Wildman–Crippen LogP) is 2.49. The Hall–Kier alpha value is -2.37. The summed E-state index contributed by atoms with van der Waals surface area (Å²) < 4.78 is 10.6. The summed E-state index contributed by atoms with van der Waals surface area (Å²) in [6, 6.07) is 14.8. The van der Waals surface area contributed by atoms with Gasteiger partial charge in [-0.15, -0.1) is 0 Å². The molecule has 0 fully saturated rings. The van der Waals surface area contributed by atoms with Crippen LogP contribution < -0.4 is 15.8 Å². The van der Waals surface area contributed by atoms with Crippen molar-refractivity contribution in [1.29, 1.82) is 0 Å². The van der Waals surface area contributed by atoms with Crippen molar-refractivity contribution in [2.75, 3.05) is 19.0 Å². The van der Waals surface area contributed by atoms with Crippen molar-refractivity contribution >= 4 is 11.6 Å². The number of nitrogens with two attached hydrogens (primary N) is 1. The fourth-order valence-electron chi connectivity index (χ4n) is 2.09. The molecule has 0 aliphatic rings. The zero-order chi connectivity index (χ0) is 16.7. The van der Waals surface area contributed by atoms with Crippen LogP contribution in [0, 0.1) is 6.92 Å². The first kappa shape index (κ1) is 17.0. The van der Waals surface area contributed by atoms with Gasteiger partial charge in [-0.05, 0) is 36.2 Å². The van der Waals surface area contributed by atoms with Gasteiger partial charge in [0.05, 0.1) is 6.61 Å². The molecule has 0 bridgehead atoms. The fourth-order valence-corrected chi connectivity index (χ4v) is 2.09. The lowest BCUT2D eigenvalue weighted by Gasteiger charge is -2.14. The molecule has 5 nitrogen and oxygen atoms in total. The molecule has 5 heteroatoms. The van der Waals surface area contributed by atoms with Gasteiger partial charge in [0.2, 0.25) is 5.91 Å². The molecule has 1 atom stereocenters. The van der Waals surface area contributed by atoms with E-state index in [1.165, 1.54) is 7.11 Å². The molecule has 0 heterocycles. The zero-order valence-corrected chi connectivity index (χ0v) is 13.4. The number of nitrogens with one attached hydrogen (secondary N) is 1. The first-order valence-corrected chi connectivity index (χ1v) is 7.43. The first-order chi connectivity index (χ1) is 11.1. The second-order valence-electron chi connectivity index (χ2n) is 5.30. The summed E-state index contributed by atoms with van der Waals surface area (Å²) in [5.74, 6) is 0.485. The molecule has 122 valence electrons. The smallest absolute Gasteiger partial charge is 0.243 e. The van der Waals surface area contributed by atoms with Crippen LogP contribution in [-0.4, -0.2) is 25.7 Å². The third-order valence-electron chi connectivity index (χ3n) is 3.39. The van der Waals surface area contributed by atoms with Crippen molar-refractivity contribution in [2.24, 2.45) is 5.73 Å².